The van der Waals surface area contributed by atoms with Crippen molar-refractivity contribution in [1.29, 1.82) is 0 Å². The molecule has 196 valence electrons. The fourth-order valence-electron chi connectivity index (χ4n) is 4.46. The van der Waals surface area contributed by atoms with Crippen LogP contribution in [0.4, 0.5) is 0 Å². The number of nitrogens with zero attached hydrogens (tertiary/aromatic N) is 3. The molecule has 3 aromatic rings. The minimum Gasteiger partial charge on any atom is -0.481 e. The summed E-state index contributed by atoms with van der Waals surface area (Å²) in [5.41, 5.74) is 4.29. The van der Waals surface area contributed by atoms with E-state index in [2.05, 4.69) is 15.5 Å². The normalized spacial score (nSPS) is 12.7. The molecule has 0 radical (unpaired) electrons. The van der Waals surface area contributed by atoms with Gasteiger partial charge in [-0.1, -0.05) is 32.0 Å². The highest BCUT2D eigenvalue weighted by molar-refractivity contribution is 5.82. The summed E-state index contributed by atoms with van der Waals surface area (Å²) in [5.74, 6) is -1.34. The number of aliphatic carboxylic acids is 1. The molecule has 0 fully saturated rings. The van der Waals surface area contributed by atoms with Gasteiger partial charge in [-0.05, 0) is 61.9 Å². The van der Waals surface area contributed by atoms with E-state index in [1.54, 1.807) is 18.3 Å². The Bertz CT molecular complexity index is 1330. The zero-order chi connectivity index (χ0) is 27.3. The van der Waals surface area contributed by atoms with Gasteiger partial charge < -0.3 is 19.7 Å². The number of amides is 1. The van der Waals surface area contributed by atoms with Crippen molar-refractivity contribution in [2.75, 3.05) is 7.11 Å². The molecular weight excluding hydrogens is 472 g/mol. The second kappa shape index (κ2) is 11.8. The van der Waals surface area contributed by atoms with Crippen molar-refractivity contribution in [3.63, 3.8) is 0 Å². The van der Waals surface area contributed by atoms with Gasteiger partial charge in [0.15, 0.2) is 0 Å². The predicted molar refractivity (Wildman–Crippen MR) is 141 cm³/mol. The summed E-state index contributed by atoms with van der Waals surface area (Å²) in [7, 11) is 1.42. The molecule has 0 spiro atoms. The summed E-state index contributed by atoms with van der Waals surface area (Å²) >= 11 is 0. The largest absolute Gasteiger partial charge is 0.481 e. The van der Waals surface area contributed by atoms with Gasteiger partial charge in [0.1, 0.15) is 6.04 Å². The topological polar surface area (TPSA) is 123 Å². The van der Waals surface area contributed by atoms with E-state index >= 15 is 0 Å². The van der Waals surface area contributed by atoms with Crippen LogP contribution in [0, 0.1) is 26.7 Å². The van der Waals surface area contributed by atoms with E-state index in [4.69, 9.17) is 4.74 Å². The molecule has 9 nitrogen and oxygen atoms in total. The smallest absolute Gasteiger partial charge is 0.305 e. The Kier molecular flexibility index (Phi) is 8.81. The Labute approximate surface area is 216 Å². The van der Waals surface area contributed by atoms with Gasteiger partial charge in [-0.2, -0.15) is 0 Å². The Morgan fingerprint density at radius 2 is 1.76 bits per heavy atom. The molecule has 3 rings (SSSR count). The van der Waals surface area contributed by atoms with E-state index < -0.39 is 30.4 Å². The average Bonchev–Trinajstić information content (AvgIpc) is 2.82. The van der Waals surface area contributed by atoms with Crippen LogP contribution in [0.3, 0.4) is 0 Å². The molecule has 2 atom stereocenters. The van der Waals surface area contributed by atoms with Gasteiger partial charge in [0.25, 0.3) is 5.56 Å². The molecule has 0 saturated heterocycles. The lowest BCUT2D eigenvalue weighted by atomic mass is 9.96. The summed E-state index contributed by atoms with van der Waals surface area (Å²) < 4.78 is 6.80. The van der Waals surface area contributed by atoms with E-state index in [0.29, 0.717) is 17.7 Å². The van der Waals surface area contributed by atoms with E-state index in [1.807, 2.05) is 52.8 Å². The lowest BCUT2D eigenvalue weighted by Gasteiger charge is -2.25. The van der Waals surface area contributed by atoms with Crippen molar-refractivity contribution in [2.24, 2.45) is 5.92 Å². The molecule has 0 unspecified atom stereocenters. The molecule has 0 aliphatic heterocycles. The van der Waals surface area contributed by atoms with Gasteiger partial charge in [0.05, 0.1) is 25.3 Å². The van der Waals surface area contributed by atoms with Gasteiger partial charge in [-0.3, -0.25) is 14.4 Å². The third-order valence-corrected chi connectivity index (χ3v) is 6.23. The van der Waals surface area contributed by atoms with Gasteiger partial charge in [-0.15, -0.1) is 10.2 Å². The van der Waals surface area contributed by atoms with Crippen LogP contribution in [0.5, 0.6) is 5.88 Å². The number of carbonyl (C=O) groups is 2. The van der Waals surface area contributed by atoms with Crippen LogP contribution in [0.15, 0.2) is 47.4 Å². The minimum atomic E-state index is -1.11. The van der Waals surface area contributed by atoms with Crippen LogP contribution in [-0.2, 0) is 9.59 Å². The van der Waals surface area contributed by atoms with Gasteiger partial charge >= 0.3 is 5.97 Å². The van der Waals surface area contributed by atoms with E-state index in [1.165, 1.54) is 17.7 Å². The number of carboxylic acid groups (broad SMARTS) is 1. The number of hydrogen-bond acceptors (Lipinski definition) is 6. The zero-order valence-corrected chi connectivity index (χ0v) is 22.1. The Hall–Kier alpha value is -4.01. The van der Waals surface area contributed by atoms with Crippen LogP contribution in [0.2, 0.25) is 0 Å². The second-order valence-corrected chi connectivity index (χ2v) is 9.71. The van der Waals surface area contributed by atoms with Gasteiger partial charge in [-0.25, -0.2) is 0 Å². The molecular formula is C28H34N4O5. The number of aryl methyl sites for hydroxylation is 3. The highest BCUT2D eigenvalue weighted by Crippen LogP contribution is 2.32. The monoisotopic (exact) mass is 506 g/mol. The molecule has 37 heavy (non-hydrogen) atoms. The molecule has 0 bridgehead atoms. The lowest BCUT2D eigenvalue weighted by molar-refractivity contribution is -0.138. The molecule has 0 aliphatic rings. The lowest BCUT2D eigenvalue weighted by Crippen LogP contribution is -2.40. The van der Waals surface area contributed by atoms with Crippen molar-refractivity contribution in [3.8, 4) is 17.1 Å². The zero-order valence-electron chi connectivity index (χ0n) is 22.1. The standard InChI is InChI=1S/C28H34N4O5/c1-16(2)12-23(32-11-10-17(3)13-24(32)33)27(36)29-21(15-25(34)35)20-14-22(30-31-28(20)37-6)26-18(4)8-7-9-19(26)5/h7-11,13-14,16,21,23H,12,15H2,1-6H3,(H,29,36)(H,34,35)/t21-,23+/m1/s1. The van der Waals surface area contributed by atoms with Crippen LogP contribution in [-0.4, -0.2) is 38.9 Å². The highest BCUT2D eigenvalue weighted by atomic mass is 16.5. The third-order valence-electron chi connectivity index (χ3n) is 6.23. The molecule has 2 N–H and O–H groups in total. The first kappa shape index (κ1) is 27.6. The maximum Gasteiger partial charge on any atom is 0.305 e. The number of methoxy groups -OCH3 is 1. The summed E-state index contributed by atoms with van der Waals surface area (Å²) in [6, 6.07) is 9.04. The van der Waals surface area contributed by atoms with Crippen LogP contribution < -0.4 is 15.6 Å². The van der Waals surface area contributed by atoms with Crippen LogP contribution in [0.1, 0.15) is 61.0 Å². The number of carbonyl (C=O) groups excluding carboxylic acids is 1. The van der Waals surface area contributed by atoms with Crippen LogP contribution in [0.25, 0.3) is 11.3 Å². The number of ether oxygens (including phenoxy) is 1. The maximum absolute atomic E-state index is 13.6. The van der Waals surface area contributed by atoms with E-state index in [0.717, 1.165) is 22.3 Å². The quantitative estimate of drug-likeness (QED) is 0.423. The number of pyridine rings is 1. The summed E-state index contributed by atoms with van der Waals surface area (Å²) in [4.78, 5) is 38.2. The molecule has 0 saturated carbocycles. The molecule has 2 heterocycles. The highest BCUT2D eigenvalue weighted by Gasteiger charge is 2.29. The summed E-state index contributed by atoms with van der Waals surface area (Å²) in [6.07, 6.45) is 1.59. The van der Waals surface area contributed by atoms with Gasteiger partial charge in [0, 0.05) is 23.4 Å². The second-order valence-electron chi connectivity index (χ2n) is 9.71. The van der Waals surface area contributed by atoms with Crippen molar-refractivity contribution >= 4 is 11.9 Å². The fourth-order valence-corrected chi connectivity index (χ4v) is 4.46. The van der Waals surface area contributed by atoms with Crippen LogP contribution >= 0.6 is 0 Å². The SMILES string of the molecule is COc1nnc(-c2c(C)cccc2C)cc1[C@@H](CC(=O)O)NC(=O)[C@H](CC(C)C)n1ccc(C)cc1=O. The first-order chi connectivity index (χ1) is 17.5. The summed E-state index contributed by atoms with van der Waals surface area (Å²) in [6.45, 7) is 9.64. The van der Waals surface area contributed by atoms with Crippen molar-refractivity contribution in [1.82, 2.24) is 20.1 Å². The number of aromatic nitrogens is 3. The number of benzene rings is 1. The number of hydrogen-bond donors (Lipinski definition) is 2. The first-order valence-corrected chi connectivity index (χ1v) is 12.2. The Balaban J connectivity index is 2.07. The van der Waals surface area contributed by atoms with E-state index in [9.17, 15) is 19.5 Å². The van der Waals surface area contributed by atoms with Crippen molar-refractivity contribution < 1.29 is 19.4 Å². The average molecular weight is 507 g/mol. The summed E-state index contributed by atoms with van der Waals surface area (Å²) in [5, 5.41) is 21.1. The Morgan fingerprint density at radius 3 is 2.32 bits per heavy atom. The molecule has 1 aromatic carbocycles. The minimum absolute atomic E-state index is 0.106. The predicted octanol–water partition coefficient (Wildman–Crippen LogP) is 4.16. The molecule has 2 aromatic heterocycles. The fraction of sp³-hybridized carbons (Fsp3) is 0.393. The third kappa shape index (κ3) is 6.61. The first-order valence-electron chi connectivity index (χ1n) is 12.2. The maximum atomic E-state index is 13.6. The van der Waals surface area contributed by atoms with Crippen molar-refractivity contribution in [2.45, 2.75) is 59.5 Å². The number of carboxylic acids is 1. The molecule has 0 aliphatic carbocycles. The number of nitrogens with one attached hydrogen (secondary N) is 1. The Morgan fingerprint density at radius 1 is 1.08 bits per heavy atom. The van der Waals surface area contributed by atoms with E-state index in [-0.39, 0.29) is 17.4 Å². The molecule has 1 amide bonds. The molecule has 9 heteroatoms. The van der Waals surface area contributed by atoms with Crippen molar-refractivity contribution in [3.05, 3.63) is 75.2 Å². The number of rotatable bonds is 10. The van der Waals surface area contributed by atoms with Gasteiger partial charge in [0.2, 0.25) is 11.8 Å².